The number of rotatable bonds is 5. The number of anilines is 1. The lowest BCUT2D eigenvalue weighted by Gasteiger charge is -2.39. The summed E-state index contributed by atoms with van der Waals surface area (Å²) in [5.41, 5.74) is 7.03. The number of para-hydroxylation sites is 1. The van der Waals surface area contributed by atoms with Gasteiger partial charge in [-0.1, -0.05) is 18.2 Å². The Morgan fingerprint density at radius 3 is 2.67 bits per heavy atom. The minimum Gasteiger partial charge on any atom is -0.398 e. The van der Waals surface area contributed by atoms with Gasteiger partial charge in [0.25, 0.3) is 0 Å². The predicted molar refractivity (Wildman–Crippen MR) is 86.6 cm³/mol. The van der Waals surface area contributed by atoms with E-state index in [0.29, 0.717) is 11.3 Å². The molecule has 8 heteroatoms. The molecule has 0 bridgehead atoms. The van der Waals surface area contributed by atoms with Crippen LogP contribution in [0.1, 0.15) is 5.56 Å². The molecule has 1 heterocycles. The van der Waals surface area contributed by atoms with Crippen LogP contribution in [0.2, 0.25) is 0 Å². The number of benzene rings is 1. The van der Waals surface area contributed by atoms with E-state index in [-0.39, 0.29) is 6.54 Å². The number of hydrogen-bond acceptors (Lipinski definition) is 7. The van der Waals surface area contributed by atoms with Crippen LogP contribution in [0.15, 0.2) is 30.3 Å². The van der Waals surface area contributed by atoms with Crippen molar-refractivity contribution in [2.45, 2.75) is 30.7 Å². The van der Waals surface area contributed by atoms with Crippen molar-refractivity contribution in [3.63, 3.8) is 0 Å². The van der Waals surface area contributed by atoms with Gasteiger partial charge in [-0.2, -0.15) is 0 Å². The van der Waals surface area contributed by atoms with Gasteiger partial charge < -0.3 is 35.8 Å². The maximum absolute atomic E-state index is 11.9. The van der Waals surface area contributed by atoms with Crippen molar-refractivity contribution in [3.05, 3.63) is 35.9 Å². The van der Waals surface area contributed by atoms with E-state index < -0.39 is 36.6 Å². The molecule has 1 fully saturated rings. The molecule has 6 N–H and O–H groups in total. The number of ether oxygens (including phenoxy) is 2. The maximum Gasteiger partial charge on any atom is 0.244 e. The van der Waals surface area contributed by atoms with Gasteiger partial charge in [0.1, 0.15) is 24.4 Å². The van der Waals surface area contributed by atoms with E-state index in [1.54, 1.807) is 30.3 Å². The molecule has 1 aromatic carbocycles. The molecule has 0 aliphatic carbocycles. The Bertz CT molecular complexity index is 592. The Hall–Kier alpha value is -1.97. The lowest BCUT2D eigenvalue weighted by Crippen LogP contribution is -2.60. The van der Waals surface area contributed by atoms with Gasteiger partial charge in [0.2, 0.25) is 5.91 Å². The molecule has 132 valence electrons. The Balaban J connectivity index is 1.90. The predicted octanol–water partition coefficient (Wildman–Crippen LogP) is -1.15. The highest BCUT2D eigenvalue weighted by Gasteiger charge is 2.43. The molecule has 0 radical (unpaired) electrons. The van der Waals surface area contributed by atoms with E-state index in [1.807, 2.05) is 0 Å². The summed E-state index contributed by atoms with van der Waals surface area (Å²) in [6, 6.07) is 7.09. The molecule has 1 aliphatic rings. The summed E-state index contributed by atoms with van der Waals surface area (Å²) in [4.78, 5) is 11.9. The number of carbonyl (C=O) groups excluding carboxylic acids is 1. The fourth-order valence-corrected chi connectivity index (χ4v) is 2.37. The molecular weight excluding hydrogens is 316 g/mol. The van der Waals surface area contributed by atoms with Gasteiger partial charge in [0, 0.05) is 25.4 Å². The van der Waals surface area contributed by atoms with Crippen molar-refractivity contribution in [3.8, 4) is 0 Å². The summed E-state index contributed by atoms with van der Waals surface area (Å²) in [6.45, 7) is -0.0573. The van der Waals surface area contributed by atoms with Crippen LogP contribution in [0.4, 0.5) is 5.69 Å². The first-order valence-electron chi connectivity index (χ1n) is 7.47. The zero-order chi connectivity index (χ0) is 17.7. The first kappa shape index (κ1) is 18.4. The molecule has 1 saturated heterocycles. The fourth-order valence-electron chi connectivity index (χ4n) is 2.37. The number of nitrogens with one attached hydrogen (secondary N) is 1. The number of hydrogen-bond donors (Lipinski definition) is 5. The van der Waals surface area contributed by atoms with Gasteiger partial charge in [-0.25, -0.2) is 0 Å². The van der Waals surface area contributed by atoms with Crippen molar-refractivity contribution in [1.82, 2.24) is 5.32 Å². The van der Waals surface area contributed by atoms with Crippen LogP contribution in [0.25, 0.3) is 6.08 Å². The van der Waals surface area contributed by atoms with Crippen molar-refractivity contribution in [1.29, 1.82) is 0 Å². The molecular formula is C16H22N2O6. The minimum absolute atomic E-state index is 0.0573. The molecule has 24 heavy (non-hydrogen) atoms. The number of nitrogen functional groups attached to an aromatic ring is 1. The van der Waals surface area contributed by atoms with E-state index >= 15 is 0 Å². The summed E-state index contributed by atoms with van der Waals surface area (Å²) < 4.78 is 10.2. The molecule has 1 amide bonds. The SMILES string of the molecule is CO[C@H]1O[C@H](CNC(=O)C=Cc2ccccc2N)[C@@H](O)[C@H](O)[C@@H]1O. The number of nitrogens with two attached hydrogens (primary N) is 1. The zero-order valence-electron chi connectivity index (χ0n) is 13.2. The molecule has 5 atom stereocenters. The Kier molecular flexibility index (Phi) is 6.29. The number of amides is 1. The molecule has 0 aromatic heterocycles. The summed E-state index contributed by atoms with van der Waals surface area (Å²) >= 11 is 0. The van der Waals surface area contributed by atoms with Gasteiger partial charge in [0.05, 0.1) is 0 Å². The number of methoxy groups -OCH3 is 1. The molecule has 1 aliphatic heterocycles. The van der Waals surface area contributed by atoms with Crippen LogP contribution in [0.3, 0.4) is 0 Å². The van der Waals surface area contributed by atoms with E-state index in [9.17, 15) is 20.1 Å². The topological polar surface area (TPSA) is 134 Å². The smallest absolute Gasteiger partial charge is 0.244 e. The third-order valence-corrected chi connectivity index (χ3v) is 3.79. The monoisotopic (exact) mass is 338 g/mol. The van der Waals surface area contributed by atoms with E-state index in [4.69, 9.17) is 15.2 Å². The lowest BCUT2D eigenvalue weighted by molar-refractivity contribution is -0.288. The van der Waals surface area contributed by atoms with Gasteiger partial charge >= 0.3 is 0 Å². The highest BCUT2D eigenvalue weighted by atomic mass is 16.7. The van der Waals surface area contributed by atoms with Crippen LogP contribution < -0.4 is 11.1 Å². The van der Waals surface area contributed by atoms with Crippen LogP contribution in [0.5, 0.6) is 0 Å². The van der Waals surface area contributed by atoms with Crippen molar-refractivity contribution >= 4 is 17.7 Å². The highest BCUT2D eigenvalue weighted by molar-refractivity contribution is 5.92. The summed E-state index contributed by atoms with van der Waals surface area (Å²) in [5, 5.41) is 31.9. The van der Waals surface area contributed by atoms with Crippen LogP contribution in [-0.4, -0.2) is 65.6 Å². The highest BCUT2D eigenvalue weighted by Crippen LogP contribution is 2.21. The molecule has 0 unspecified atom stereocenters. The van der Waals surface area contributed by atoms with Crippen molar-refractivity contribution < 1.29 is 29.6 Å². The Morgan fingerprint density at radius 2 is 2.00 bits per heavy atom. The summed E-state index contributed by atoms with van der Waals surface area (Å²) in [6.07, 6.45) is -3.25. The zero-order valence-corrected chi connectivity index (χ0v) is 13.2. The lowest BCUT2D eigenvalue weighted by atomic mass is 9.99. The van der Waals surface area contributed by atoms with Gasteiger partial charge in [-0.3, -0.25) is 4.79 Å². The van der Waals surface area contributed by atoms with E-state index in [0.717, 1.165) is 0 Å². The third kappa shape index (κ3) is 4.31. The van der Waals surface area contributed by atoms with Crippen LogP contribution in [-0.2, 0) is 14.3 Å². The number of aliphatic hydroxyl groups excluding tert-OH is 3. The van der Waals surface area contributed by atoms with Gasteiger partial charge in [0.15, 0.2) is 6.29 Å². The Labute approximate surface area is 139 Å². The molecule has 0 saturated carbocycles. The average molecular weight is 338 g/mol. The standard InChI is InChI=1S/C16H22N2O6/c1-23-16-15(22)14(21)13(20)11(24-16)8-18-12(19)7-6-9-4-2-3-5-10(9)17/h2-7,11,13-16,20-22H,8,17H2,1H3,(H,18,19)/t11-,13-,14+,15+,16+/m1/s1. The first-order valence-corrected chi connectivity index (χ1v) is 7.47. The molecule has 1 aromatic rings. The summed E-state index contributed by atoms with van der Waals surface area (Å²) in [7, 11) is 1.31. The van der Waals surface area contributed by atoms with E-state index in [1.165, 1.54) is 13.2 Å². The quantitative estimate of drug-likeness (QED) is 0.338. The van der Waals surface area contributed by atoms with E-state index in [2.05, 4.69) is 5.32 Å². The second-order valence-electron chi connectivity index (χ2n) is 5.46. The number of carbonyl (C=O) groups is 1. The normalized spacial score (nSPS) is 30.4. The van der Waals surface area contributed by atoms with Crippen LogP contribution in [0, 0.1) is 0 Å². The average Bonchev–Trinajstić information content (AvgIpc) is 2.58. The minimum atomic E-state index is -1.43. The maximum atomic E-state index is 11.9. The molecule has 0 spiro atoms. The fraction of sp³-hybridized carbons (Fsp3) is 0.438. The second-order valence-corrected chi connectivity index (χ2v) is 5.46. The second kappa shape index (κ2) is 8.22. The molecule has 8 nitrogen and oxygen atoms in total. The summed E-state index contributed by atoms with van der Waals surface area (Å²) in [5.74, 6) is -0.413. The Morgan fingerprint density at radius 1 is 1.29 bits per heavy atom. The van der Waals surface area contributed by atoms with Crippen LogP contribution >= 0.6 is 0 Å². The first-order chi connectivity index (χ1) is 11.4. The van der Waals surface area contributed by atoms with Crippen molar-refractivity contribution in [2.24, 2.45) is 0 Å². The van der Waals surface area contributed by atoms with Gasteiger partial charge in [-0.15, -0.1) is 0 Å². The van der Waals surface area contributed by atoms with Crippen molar-refractivity contribution in [2.75, 3.05) is 19.4 Å². The van der Waals surface area contributed by atoms with Gasteiger partial charge in [-0.05, 0) is 17.7 Å². The third-order valence-electron chi connectivity index (χ3n) is 3.79. The molecule has 2 rings (SSSR count). The largest absolute Gasteiger partial charge is 0.398 e. The number of aliphatic hydroxyl groups is 3.